The lowest BCUT2D eigenvalue weighted by molar-refractivity contribution is -0.151. The van der Waals surface area contributed by atoms with E-state index in [0.29, 0.717) is 24.3 Å². The average Bonchev–Trinajstić information content (AvgIpc) is 3.73. The Bertz CT molecular complexity index is 1210. The van der Waals surface area contributed by atoms with E-state index in [1.807, 2.05) is 60.7 Å². The van der Waals surface area contributed by atoms with E-state index in [4.69, 9.17) is 4.74 Å². The second-order valence-corrected chi connectivity index (χ2v) is 10.4. The lowest BCUT2D eigenvalue weighted by atomic mass is 10.0. The molecule has 1 saturated heterocycles. The molecule has 0 saturated carbocycles. The minimum Gasteiger partial charge on any atom is -0.480 e. The molecule has 220 valence electrons. The summed E-state index contributed by atoms with van der Waals surface area (Å²) in [5.41, 5.74) is 4.38. The van der Waals surface area contributed by atoms with Crippen molar-refractivity contribution in [1.29, 1.82) is 0 Å². The number of ether oxygens (including phenoxy) is 1. The number of aliphatic carboxylic acids is 1. The summed E-state index contributed by atoms with van der Waals surface area (Å²) in [5.74, 6) is -3.93. The van der Waals surface area contributed by atoms with Crippen molar-refractivity contribution in [2.24, 2.45) is 5.92 Å². The quantitative estimate of drug-likeness (QED) is 0.200. The Morgan fingerprint density at radius 3 is 2.00 bits per heavy atom. The van der Waals surface area contributed by atoms with E-state index in [2.05, 4.69) is 16.1 Å². The zero-order valence-corrected chi connectivity index (χ0v) is 23.5. The van der Waals surface area contributed by atoms with E-state index in [1.54, 1.807) is 13.8 Å². The lowest BCUT2D eigenvalue weighted by Crippen LogP contribution is -2.58. The summed E-state index contributed by atoms with van der Waals surface area (Å²) in [6.07, 6.45) is 0.713. The molecule has 4 N–H and O–H groups in total. The molecular weight excluding hydrogens is 528 g/mol. The predicted molar refractivity (Wildman–Crippen MR) is 150 cm³/mol. The van der Waals surface area contributed by atoms with Crippen LogP contribution in [0.5, 0.6) is 0 Å². The van der Waals surface area contributed by atoms with E-state index in [-0.39, 0.29) is 24.3 Å². The number of hydrogen-bond acceptors (Lipinski definition) is 6. The van der Waals surface area contributed by atoms with E-state index in [9.17, 15) is 29.1 Å². The third-order valence-electron chi connectivity index (χ3n) is 6.69. The Morgan fingerprint density at radius 2 is 1.44 bits per heavy atom. The van der Waals surface area contributed by atoms with Gasteiger partial charge in [0.15, 0.2) is 6.10 Å². The fourth-order valence-corrected chi connectivity index (χ4v) is 4.28. The van der Waals surface area contributed by atoms with Crippen LogP contribution in [0.2, 0.25) is 0 Å². The van der Waals surface area contributed by atoms with Crippen molar-refractivity contribution >= 4 is 29.6 Å². The van der Waals surface area contributed by atoms with Crippen LogP contribution in [0.1, 0.15) is 44.7 Å². The van der Waals surface area contributed by atoms with Gasteiger partial charge in [-0.3, -0.25) is 29.4 Å². The molecule has 0 radical (unpaired) electrons. The number of nitrogens with one attached hydrogen (secondary N) is 3. The highest BCUT2D eigenvalue weighted by Gasteiger charge is 2.47. The molecule has 2 aromatic carbocycles. The normalized spacial score (nSPS) is 17.2. The van der Waals surface area contributed by atoms with Crippen molar-refractivity contribution in [3.05, 3.63) is 71.8 Å². The van der Waals surface area contributed by atoms with Gasteiger partial charge in [0.2, 0.25) is 11.8 Å². The highest BCUT2D eigenvalue weighted by molar-refractivity contribution is 5.94. The minimum absolute atomic E-state index is 0.193. The van der Waals surface area contributed by atoms with Gasteiger partial charge < -0.3 is 20.5 Å². The Balaban J connectivity index is 1.51. The van der Waals surface area contributed by atoms with E-state index in [0.717, 1.165) is 11.1 Å². The van der Waals surface area contributed by atoms with Crippen molar-refractivity contribution in [2.75, 3.05) is 6.54 Å². The Labute approximate surface area is 239 Å². The molecule has 1 aliphatic heterocycles. The molecule has 0 aromatic heterocycles. The molecule has 0 spiro atoms. The number of amides is 4. The monoisotopic (exact) mass is 566 g/mol. The summed E-state index contributed by atoms with van der Waals surface area (Å²) in [4.78, 5) is 62.6. The van der Waals surface area contributed by atoms with Gasteiger partial charge in [-0.2, -0.15) is 0 Å². The number of aryl methyl sites for hydroxylation is 2. The summed E-state index contributed by atoms with van der Waals surface area (Å²) in [6, 6.07) is 17.1. The maximum absolute atomic E-state index is 13.0. The van der Waals surface area contributed by atoms with Crippen LogP contribution < -0.4 is 16.1 Å². The number of carboxylic acids is 1. The number of carbonyl (C=O) groups is 5. The maximum atomic E-state index is 13.0. The molecule has 0 bridgehead atoms. The second-order valence-electron chi connectivity index (χ2n) is 10.4. The summed E-state index contributed by atoms with van der Waals surface area (Å²) >= 11 is 0. The van der Waals surface area contributed by atoms with Crippen LogP contribution in [0, 0.1) is 5.92 Å². The van der Waals surface area contributed by atoms with Gasteiger partial charge in [-0.1, -0.05) is 74.5 Å². The fourth-order valence-electron chi connectivity index (χ4n) is 4.28. The zero-order valence-electron chi connectivity index (χ0n) is 23.5. The number of hydrazine groups is 1. The van der Waals surface area contributed by atoms with Gasteiger partial charge in [0, 0.05) is 6.42 Å². The smallest absolute Gasteiger partial charge is 0.325 e. The van der Waals surface area contributed by atoms with Gasteiger partial charge in [-0.25, -0.2) is 5.01 Å². The van der Waals surface area contributed by atoms with Crippen LogP contribution in [-0.4, -0.2) is 70.5 Å². The largest absolute Gasteiger partial charge is 0.480 e. The maximum Gasteiger partial charge on any atom is 0.325 e. The van der Waals surface area contributed by atoms with Gasteiger partial charge >= 0.3 is 5.97 Å². The average molecular weight is 567 g/mol. The first-order chi connectivity index (χ1) is 19.5. The number of benzene rings is 2. The van der Waals surface area contributed by atoms with Crippen molar-refractivity contribution in [1.82, 2.24) is 21.1 Å². The van der Waals surface area contributed by atoms with Gasteiger partial charge in [0.05, 0.1) is 6.10 Å². The highest BCUT2D eigenvalue weighted by atomic mass is 16.6. The number of rotatable bonds is 14. The first-order valence-electron chi connectivity index (χ1n) is 13.7. The Kier molecular flexibility index (Phi) is 11.4. The summed E-state index contributed by atoms with van der Waals surface area (Å²) in [7, 11) is 0. The van der Waals surface area contributed by atoms with E-state index in [1.165, 1.54) is 6.92 Å². The molecule has 11 heteroatoms. The van der Waals surface area contributed by atoms with Crippen molar-refractivity contribution < 1.29 is 33.8 Å². The first kappa shape index (κ1) is 31.3. The lowest BCUT2D eigenvalue weighted by Gasteiger charge is -2.26. The molecule has 0 unspecified atom stereocenters. The molecule has 2 aromatic rings. The second kappa shape index (κ2) is 14.9. The van der Waals surface area contributed by atoms with Crippen LogP contribution in [0.4, 0.5) is 0 Å². The third-order valence-corrected chi connectivity index (χ3v) is 6.69. The van der Waals surface area contributed by atoms with E-state index < -0.39 is 48.4 Å². The first-order valence-corrected chi connectivity index (χ1v) is 13.7. The van der Waals surface area contributed by atoms with Crippen LogP contribution in [0.3, 0.4) is 0 Å². The molecule has 4 atom stereocenters. The number of hydrogen-bond donors (Lipinski definition) is 4. The fraction of sp³-hybridized carbons (Fsp3) is 0.433. The predicted octanol–water partition coefficient (Wildman–Crippen LogP) is 1.61. The van der Waals surface area contributed by atoms with Gasteiger partial charge in [0.25, 0.3) is 11.8 Å². The SMILES string of the molecule is CC(C)[C@H](NC(=O)CCc1ccccc1)C(=O)N[C@@H](C)C(=O)NN(CC(=O)O)C(=O)[C@H]1O[C@@H]1CCc1ccccc1. The van der Waals surface area contributed by atoms with Crippen molar-refractivity contribution in [2.45, 2.75) is 70.7 Å². The molecule has 41 heavy (non-hydrogen) atoms. The molecule has 1 heterocycles. The van der Waals surface area contributed by atoms with Crippen LogP contribution in [0.25, 0.3) is 0 Å². The molecule has 3 rings (SSSR count). The standard InChI is InChI=1S/C30H38N4O7/c1-19(2)26(32-24(35)17-15-22-12-8-5-9-13-22)29(39)31-20(3)28(38)33-34(18-25(36)37)30(40)27-23(41-27)16-14-21-10-6-4-7-11-21/h4-13,19-20,23,26-27H,14-18H2,1-3H3,(H,31,39)(H,32,35)(H,33,38)(H,36,37)/t20-,23+,26-,27-/m0/s1. The third kappa shape index (κ3) is 10.0. The number of carbonyl (C=O) groups excluding carboxylic acids is 4. The summed E-state index contributed by atoms with van der Waals surface area (Å²) < 4.78 is 5.47. The van der Waals surface area contributed by atoms with Crippen molar-refractivity contribution in [3.8, 4) is 0 Å². The molecular formula is C30H38N4O7. The Morgan fingerprint density at radius 1 is 0.854 bits per heavy atom. The zero-order chi connectivity index (χ0) is 29.9. The number of epoxide rings is 1. The van der Waals surface area contributed by atoms with E-state index >= 15 is 0 Å². The van der Waals surface area contributed by atoms with Crippen LogP contribution in [-0.2, 0) is 41.6 Å². The number of carboxylic acid groups (broad SMARTS) is 1. The molecule has 1 aliphatic rings. The highest BCUT2D eigenvalue weighted by Crippen LogP contribution is 2.28. The minimum atomic E-state index is -1.32. The topological polar surface area (TPSA) is 157 Å². The summed E-state index contributed by atoms with van der Waals surface area (Å²) in [6.45, 7) is 4.16. The molecule has 11 nitrogen and oxygen atoms in total. The van der Waals surface area contributed by atoms with Gasteiger partial charge in [-0.15, -0.1) is 0 Å². The summed E-state index contributed by atoms with van der Waals surface area (Å²) in [5, 5.41) is 15.3. The van der Waals surface area contributed by atoms with Crippen LogP contribution >= 0.6 is 0 Å². The van der Waals surface area contributed by atoms with Crippen LogP contribution in [0.15, 0.2) is 60.7 Å². The Hall–Kier alpha value is -4.25. The molecule has 4 amide bonds. The molecule has 0 aliphatic carbocycles. The van der Waals surface area contributed by atoms with Gasteiger partial charge in [0.1, 0.15) is 18.6 Å². The van der Waals surface area contributed by atoms with Crippen molar-refractivity contribution in [3.63, 3.8) is 0 Å². The molecule has 1 fully saturated rings. The van der Waals surface area contributed by atoms with Gasteiger partial charge in [-0.05, 0) is 43.2 Å². The number of nitrogens with zero attached hydrogens (tertiary/aromatic N) is 1.